The summed E-state index contributed by atoms with van der Waals surface area (Å²) in [5, 5.41) is 10.4. The lowest BCUT2D eigenvalue weighted by Gasteiger charge is -2.05. The van der Waals surface area contributed by atoms with Gasteiger partial charge in [-0.15, -0.1) is 11.3 Å². The molecule has 0 amide bonds. The van der Waals surface area contributed by atoms with Gasteiger partial charge in [-0.25, -0.2) is 9.78 Å². The number of hydrogen-bond acceptors (Lipinski definition) is 3. The van der Waals surface area contributed by atoms with Crippen molar-refractivity contribution in [1.82, 2.24) is 9.55 Å². The summed E-state index contributed by atoms with van der Waals surface area (Å²) in [6.45, 7) is 2.45. The van der Waals surface area contributed by atoms with E-state index in [1.165, 1.54) is 11.3 Å². The molecule has 0 aliphatic rings. The summed E-state index contributed by atoms with van der Waals surface area (Å²) in [6, 6.07) is 7.79. The lowest BCUT2D eigenvalue weighted by Crippen LogP contribution is -2.05. The van der Waals surface area contributed by atoms with Gasteiger partial charge in [0.25, 0.3) is 0 Å². The van der Waals surface area contributed by atoms with E-state index >= 15 is 0 Å². The van der Waals surface area contributed by atoms with Gasteiger partial charge < -0.3 is 9.67 Å². The summed E-state index contributed by atoms with van der Waals surface area (Å²) in [6.07, 6.45) is 3.59. The Balaban J connectivity index is 2.18. The quantitative estimate of drug-likeness (QED) is 0.796. The summed E-state index contributed by atoms with van der Waals surface area (Å²) in [5.41, 5.74) is 0.856. The minimum atomic E-state index is -0.867. The number of hydrogen-bond donors (Lipinski definition) is 1. The van der Waals surface area contributed by atoms with Crippen LogP contribution in [0.1, 0.15) is 21.1 Å². The summed E-state index contributed by atoms with van der Waals surface area (Å²) in [7, 11) is 0. The van der Waals surface area contributed by atoms with E-state index in [1.807, 2.05) is 42.0 Å². The molecule has 3 aromatic rings. The normalized spacial score (nSPS) is 11.0. The number of aromatic nitrogens is 2. The van der Waals surface area contributed by atoms with Gasteiger partial charge in [-0.1, -0.05) is 18.2 Å². The number of aromatic carboxylic acids is 1. The van der Waals surface area contributed by atoms with Gasteiger partial charge in [0, 0.05) is 22.7 Å². The number of imidazole rings is 1. The van der Waals surface area contributed by atoms with Crippen molar-refractivity contribution in [3.8, 4) is 0 Å². The van der Waals surface area contributed by atoms with Crippen molar-refractivity contribution in [3.63, 3.8) is 0 Å². The van der Waals surface area contributed by atoms with Crippen LogP contribution in [-0.4, -0.2) is 20.6 Å². The maximum absolute atomic E-state index is 11.4. The third-order valence-corrected chi connectivity index (χ3v) is 4.35. The highest BCUT2D eigenvalue weighted by Crippen LogP contribution is 2.32. The molecule has 5 heteroatoms. The molecule has 0 saturated heterocycles. The zero-order valence-electron chi connectivity index (χ0n) is 10.3. The average molecular weight is 272 g/mol. The molecule has 2 aromatic heterocycles. The molecule has 0 spiro atoms. The topological polar surface area (TPSA) is 55.1 Å². The standard InChI is InChI=1S/C14H12N2O2S/c1-9-15-6-7-16(9)8-11-10-4-2-3-5-12(10)19-13(11)14(17)18/h2-7H,8H2,1H3,(H,17,18). The number of carbonyl (C=O) groups is 1. The highest BCUT2D eigenvalue weighted by Gasteiger charge is 2.17. The fraction of sp³-hybridized carbons (Fsp3) is 0.143. The Bertz CT molecular complexity index is 758. The Hall–Kier alpha value is -2.14. The second-order valence-electron chi connectivity index (χ2n) is 4.31. The smallest absolute Gasteiger partial charge is 0.346 e. The minimum Gasteiger partial charge on any atom is -0.477 e. The number of carboxylic acid groups (broad SMARTS) is 1. The van der Waals surface area contributed by atoms with Crippen molar-refractivity contribution in [2.24, 2.45) is 0 Å². The van der Waals surface area contributed by atoms with E-state index in [9.17, 15) is 9.90 Å². The van der Waals surface area contributed by atoms with Gasteiger partial charge in [0.05, 0.1) is 6.54 Å². The number of benzene rings is 1. The number of fused-ring (bicyclic) bond motifs is 1. The fourth-order valence-electron chi connectivity index (χ4n) is 2.17. The van der Waals surface area contributed by atoms with Gasteiger partial charge in [0.2, 0.25) is 0 Å². The van der Waals surface area contributed by atoms with Crippen molar-refractivity contribution >= 4 is 27.4 Å². The molecule has 96 valence electrons. The molecule has 19 heavy (non-hydrogen) atoms. The van der Waals surface area contributed by atoms with Crippen LogP contribution in [0.25, 0.3) is 10.1 Å². The van der Waals surface area contributed by atoms with Crippen LogP contribution < -0.4 is 0 Å². The molecule has 2 heterocycles. The van der Waals surface area contributed by atoms with Crippen LogP contribution in [0.15, 0.2) is 36.7 Å². The van der Waals surface area contributed by atoms with Gasteiger partial charge in [-0.05, 0) is 18.4 Å². The molecule has 3 rings (SSSR count). The molecule has 0 aliphatic carbocycles. The summed E-state index contributed by atoms with van der Waals surface area (Å²) < 4.78 is 2.97. The maximum Gasteiger partial charge on any atom is 0.346 e. The average Bonchev–Trinajstić information content (AvgIpc) is 2.95. The van der Waals surface area contributed by atoms with Crippen LogP contribution in [0.3, 0.4) is 0 Å². The van der Waals surface area contributed by atoms with Crippen LogP contribution >= 0.6 is 11.3 Å². The maximum atomic E-state index is 11.4. The first-order valence-corrected chi connectivity index (χ1v) is 6.70. The van der Waals surface area contributed by atoms with E-state index in [1.54, 1.807) is 6.20 Å². The largest absolute Gasteiger partial charge is 0.477 e. The Morgan fingerprint density at radius 2 is 2.21 bits per heavy atom. The van der Waals surface area contributed by atoms with E-state index in [0.717, 1.165) is 21.5 Å². The fourth-order valence-corrected chi connectivity index (χ4v) is 3.22. The molecule has 0 aliphatic heterocycles. The van der Waals surface area contributed by atoms with E-state index in [4.69, 9.17) is 0 Å². The molecule has 0 radical (unpaired) electrons. The molecule has 4 nitrogen and oxygen atoms in total. The number of rotatable bonds is 3. The Labute approximate surface area is 113 Å². The Kier molecular flexibility index (Phi) is 2.83. The second kappa shape index (κ2) is 4.51. The molecule has 0 atom stereocenters. The third kappa shape index (κ3) is 2.02. The molecular weight excluding hydrogens is 260 g/mol. The SMILES string of the molecule is Cc1nccn1Cc1c(C(=O)O)sc2ccccc12. The van der Waals surface area contributed by atoms with Gasteiger partial charge in [0.1, 0.15) is 10.7 Å². The zero-order chi connectivity index (χ0) is 13.4. The molecular formula is C14H12N2O2S. The van der Waals surface area contributed by atoms with Crippen LogP contribution in [0.4, 0.5) is 0 Å². The zero-order valence-corrected chi connectivity index (χ0v) is 11.1. The van der Waals surface area contributed by atoms with Crippen molar-refractivity contribution in [2.45, 2.75) is 13.5 Å². The minimum absolute atomic E-state index is 0.411. The second-order valence-corrected chi connectivity index (χ2v) is 5.37. The van der Waals surface area contributed by atoms with E-state index < -0.39 is 5.97 Å². The van der Waals surface area contributed by atoms with Crippen molar-refractivity contribution in [2.75, 3.05) is 0 Å². The monoisotopic (exact) mass is 272 g/mol. The molecule has 0 saturated carbocycles. The van der Waals surface area contributed by atoms with E-state index in [-0.39, 0.29) is 0 Å². The van der Waals surface area contributed by atoms with Gasteiger partial charge in [-0.2, -0.15) is 0 Å². The number of thiophene rings is 1. The predicted octanol–water partition coefficient (Wildman–Crippen LogP) is 3.15. The van der Waals surface area contributed by atoms with Crippen molar-refractivity contribution in [1.29, 1.82) is 0 Å². The highest BCUT2D eigenvalue weighted by molar-refractivity contribution is 7.21. The highest BCUT2D eigenvalue weighted by atomic mass is 32.1. The van der Waals surface area contributed by atoms with Crippen molar-refractivity contribution in [3.05, 3.63) is 52.9 Å². The van der Waals surface area contributed by atoms with Crippen LogP contribution in [-0.2, 0) is 6.54 Å². The van der Waals surface area contributed by atoms with Crippen LogP contribution in [0, 0.1) is 6.92 Å². The lowest BCUT2D eigenvalue weighted by atomic mass is 10.1. The molecule has 1 N–H and O–H groups in total. The lowest BCUT2D eigenvalue weighted by molar-refractivity contribution is 0.0701. The van der Waals surface area contributed by atoms with Gasteiger partial charge >= 0.3 is 5.97 Å². The van der Waals surface area contributed by atoms with Gasteiger partial charge in [-0.3, -0.25) is 0 Å². The first kappa shape index (κ1) is 11.9. The van der Waals surface area contributed by atoms with E-state index in [2.05, 4.69) is 4.98 Å². The predicted molar refractivity (Wildman–Crippen MR) is 74.9 cm³/mol. The molecule has 0 unspecified atom stereocenters. The Morgan fingerprint density at radius 3 is 2.89 bits per heavy atom. The molecule has 0 fully saturated rings. The third-order valence-electron chi connectivity index (χ3n) is 3.14. The number of aryl methyl sites for hydroxylation is 1. The summed E-state index contributed by atoms with van der Waals surface area (Å²) in [4.78, 5) is 16.0. The van der Waals surface area contributed by atoms with Crippen LogP contribution in [0.2, 0.25) is 0 Å². The first-order chi connectivity index (χ1) is 9.16. The number of carboxylic acids is 1. The Morgan fingerprint density at radius 1 is 1.42 bits per heavy atom. The molecule has 0 bridgehead atoms. The number of nitrogens with zero attached hydrogens (tertiary/aromatic N) is 2. The first-order valence-electron chi connectivity index (χ1n) is 5.88. The molecule has 1 aromatic carbocycles. The summed E-state index contributed by atoms with van der Waals surface area (Å²) >= 11 is 1.33. The van der Waals surface area contributed by atoms with Crippen molar-refractivity contribution < 1.29 is 9.90 Å². The van der Waals surface area contributed by atoms with Crippen LogP contribution in [0.5, 0.6) is 0 Å². The van der Waals surface area contributed by atoms with Gasteiger partial charge in [0.15, 0.2) is 0 Å². The summed E-state index contributed by atoms with van der Waals surface area (Å²) in [5.74, 6) is 0.0144. The van der Waals surface area contributed by atoms with E-state index in [0.29, 0.717) is 11.4 Å².